The minimum Gasteiger partial charge on any atom is -0.466 e. The third-order valence-corrected chi connectivity index (χ3v) is 3.65. The molecule has 0 saturated heterocycles. The van der Waals surface area contributed by atoms with Gasteiger partial charge in [-0.15, -0.1) is 11.3 Å². The number of halogens is 1. The SMILES string of the molecule is CCOC(=O)CCc1csc(NCc2ccc(F)cc2)n1. The normalized spacial score (nSPS) is 10.4. The van der Waals surface area contributed by atoms with Gasteiger partial charge in [-0.25, -0.2) is 9.37 Å². The van der Waals surface area contributed by atoms with E-state index in [1.54, 1.807) is 19.1 Å². The Morgan fingerprint density at radius 3 is 2.86 bits per heavy atom. The fraction of sp³-hybridized carbons (Fsp3) is 0.333. The Morgan fingerprint density at radius 1 is 1.38 bits per heavy atom. The third kappa shape index (κ3) is 5.15. The second-order valence-corrected chi connectivity index (χ2v) is 5.29. The number of hydrogen-bond donors (Lipinski definition) is 1. The van der Waals surface area contributed by atoms with Gasteiger partial charge in [-0.3, -0.25) is 4.79 Å². The van der Waals surface area contributed by atoms with Gasteiger partial charge in [-0.1, -0.05) is 12.1 Å². The zero-order valence-electron chi connectivity index (χ0n) is 11.8. The second kappa shape index (κ2) is 7.73. The standard InChI is InChI=1S/C15H17FN2O2S/c1-2-20-14(19)8-7-13-10-21-15(18-13)17-9-11-3-5-12(16)6-4-11/h3-6,10H,2,7-9H2,1H3,(H,17,18). The van der Waals surface area contributed by atoms with Gasteiger partial charge in [0.15, 0.2) is 5.13 Å². The summed E-state index contributed by atoms with van der Waals surface area (Å²) in [5, 5.41) is 5.90. The number of benzene rings is 1. The fourth-order valence-corrected chi connectivity index (χ4v) is 2.49. The Hall–Kier alpha value is -1.95. The van der Waals surface area contributed by atoms with E-state index < -0.39 is 0 Å². The van der Waals surface area contributed by atoms with Crippen molar-refractivity contribution < 1.29 is 13.9 Å². The Balaban J connectivity index is 1.80. The molecule has 1 N–H and O–H groups in total. The molecular formula is C15H17FN2O2S. The highest BCUT2D eigenvalue weighted by molar-refractivity contribution is 7.13. The monoisotopic (exact) mass is 308 g/mol. The maximum absolute atomic E-state index is 12.8. The fourth-order valence-electron chi connectivity index (χ4n) is 1.75. The average Bonchev–Trinajstić information content (AvgIpc) is 2.93. The molecule has 0 radical (unpaired) electrons. The molecule has 1 aromatic heterocycles. The second-order valence-electron chi connectivity index (χ2n) is 4.43. The lowest BCUT2D eigenvalue weighted by molar-refractivity contribution is -0.143. The highest BCUT2D eigenvalue weighted by Crippen LogP contribution is 2.17. The number of esters is 1. The molecule has 0 aliphatic heterocycles. The predicted molar refractivity (Wildman–Crippen MR) is 80.8 cm³/mol. The van der Waals surface area contributed by atoms with E-state index in [9.17, 15) is 9.18 Å². The van der Waals surface area contributed by atoms with Crippen LogP contribution in [0.25, 0.3) is 0 Å². The maximum atomic E-state index is 12.8. The lowest BCUT2D eigenvalue weighted by atomic mass is 10.2. The van der Waals surface area contributed by atoms with Crippen molar-refractivity contribution in [2.24, 2.45) is 0 Å². The number of carbonyl (C=O) groups is 1. The summed E-state index contributed by atoms with van der Waals surface area (Å²) in [5.74, 6) is -0.444. The van der Waals surface area contributed by atoms with Crippen LogP contribution in [0.15, 0.2) is 29.6 Å². The number of rotatable bonds is 7. The first-order valence-corrected chi connectivity index (χ1v) is 7.63. The van der Waals surface area contributed by atoms with Crippen LogP contribution in [-0.4, -0.2) is 17.6 Å². The topological polar surface area (TPSA) is 51.2 Å². The molecule has 21 heavy (non-hydrogen) atoms. The van der Waals surface area contributed by atoms with E-state index in [1.807, 2.05) is 5.38 Å². The maximum Gasteiger partial charge on any atom is 0.306 e. The van der Waals surface area contributed by atoms with Crippen molar-refractivity contribution >= 4 is 22.4 Å². The molecule has 2 rings (SSSR count). The van der Waals surface area contributed by atoms with Gasteiger partial charge in [0.05, 0.1) is 18.7 Å². The van der Waals surface area contributed by atoms with Crippen molar-refractivity contribution in [3.63, 3.8) is 0 Å². The number of hydrogen-bond acceptors (Lipinski definition) is 5. The van der Waals surface area contributed by atoms with Crippen LogP contribution in [0, 0.1) is 5.82 Å². The van der Waals surface area contributed by atoms with Crippen LogP contribution in [0.1, 0.15) is 24.6 Å². The van der Waals surface area contributed by atoms with Gasteiger partial charge in [-0.05, 0) is 24.6 Å². The van der Waals surface area contributed by atoms with Crippen LogP contribution in [0.3, 0.4) is 0 Å². The molecule has 0 atom stereocenters. The van der Waals surface area contributed by atoms with E-state index in [-0.39, 0.29) is 11.8 Å². The lowest BCUT2D eigenvalue weighted by Gasteiger charge is -2.02. The van der Waals surface area contributed by atoms with Crippen molar-refractivity contribution in [3.05, 3.63) is 46.7 Å². The first-order valence-electron chi connectivity index (χ1n) is 6.75. The van der Waals surface area contributed by atoms with Crippen molar-refractivity contribution in [2.75, 3.05) is 11.9 Å². The van der Waals surface area contributed by atoms with Gasteiger partial charge in [-0.2, -0.15) is 0 Å². The molecule has 0 bridgehead atoms. The Kier molecular flexibility index (Phi) is 5.68. The van der Waals surface area contributed by atoms with E-state index in [4.69, 9.17) is 4.74 Å². The summed E-state index contributed by atoms with van der Waals surface area (Å²) in [5.41, 5.74) is 1.86. The zero-order valence-corrected chi connectivity index (χ0v) is 12.6. The Morgan fingerprint density at radius 2 is 2.14 bits per heavy atom. The Bertz CT molecular complexity index is 584. The predicted octanol–water partition coefficient (Wildman–Crippen LogP) is 3.39. The molecular weight excluding hydrogens is 291 g/mol. The minimum absolute atomic E-state index is 0.202. The van der Waals surface area contributed by atoms with E-state index in [2.05, 4.69) is 10.3 Å². The van der Waals surface area contributed by atoms with Crippen LogP contribution in [0.4, 0.5) is 9.52 Å². The first kappa shape index (κ1) is 15.4. The number of carbonyl (C=O) groups excluding carboxylic acids is 1. The van der Waals surface area contributed by atoms with E-state index in [1.165, 1.54) is 23.5 Å². The number of nitrogens with one attached hydrogen (secondary N) is 1. The molecule has 4 nitrogen and oxygen atoms in total. The highest BCUT2D eigenvalue weighted by atomic mass is 32.1. The van der Waals surface area contributed by atoms with E-state index in [0.29, 0.717) is 26.0 Å². The summed E-state index contributed by atoms with van der Waals surface area (Å²) in [7, 11) is 0. The largest absolute Gasteiger partial charge is 0.466 e. The Labute approximate surface area is 127 Å². The quantitative estimate of drug-likeness (QED) is 0.797. The number of aromatic nitrogens is 1. The van der Waals surface area contributed by atoms with E-state index >= 15 is 0 Å². The zero-order chi connectivity index (χ0) is 15.1. The van der Waals surface area contributed by atoms with Crippen molar-refractivity contribution in [1.82, 2.24) is 4.98 Å². The molecule has 0 fully saturated rings. The summed E-state index contributed by atoms with van der Waals surface area (Å²) >= 11 is 1.49. The molecule has 0 amide bonds. The number of nitrogens with zero attached hydrogens (tertiary/aromatic N) is 1. The molecule has 0 aliphatic carbocycles. The van der Waals surface area contributed by atoms with Crippen LogP contribution >= 0.6 is 11.3 Å². The summed E-state index contributed by atoms with van der Waals surface area (Å²) in [4.78, 5) is 15.7. The van der Waals surface area contributed by atoms with Gasteiger partial charge in [0, 0.05) is 18.3 Å². The lowest BCUT2D eigenvalue weighted by Crippen LogP contribution is -2.05. The van der Waals surface area contributed by atoms with Gasteiger partial charge < -0.3 is 10.1 Å². The van der Waals surface area contributed by atoms with Crippen molar-refractivity contribution in [3.8, 4) is 0 Å². The molecule has 112 valence electrons. The van der Waals surface area contributed by atoms with Gasteiger partial charge >= 0.3 is 5.97 Å². The molecule has 0 unspecified atom stereocenters. The van der Waals surface area contributed by atoms with Gasteiger partial charge in [0.1, 0.15) is 5.82 Å². The molecule has 0 spiro atoms. The smallest absolute Gasteiger partial charge is 0.306 e. The molecule has 1 heterocycles. The van der Waals surface area contributed by atoms with Crippen molar-refractivity contribution in [1.29, 1.82) is 0 Å². The van der Waals surface area contributed by atoms with Crippen LogP contribution in [-0.2, 0) is 22.5 Å². The number of ether oxygens (including phenoxy) is 1. The van der Waals surface area contributed by atoms with Gasteiger partial charge in [0.25, 0.3) is 0 Å². The number of anilines is 1. The molecule has 6 heteroatoms. The first-order chi connectivity index (χ1) is 10.2. The van der Waals surface area contributed by atoms with Gasteiger partial charge in [0.2, 0.25) is 0 Å². The average molecular weight is 308 g/mol. The summed E-state index contributed by atoms with van der Waals surface area (Å²) in [6, 6.07) is 6.34. The summed E-state index contributed by atoms with van der Waals surface area (Å²) < 4.78 is 17.7. The molecule has 0 saturated carbocycles. The number of thiazole rings is 1. The molecule has 0 aliphatic rings. The molecule has 1 aromatic carbocycles. The summed E-state index contributed by atoms with van der Waals surface area (Å²) in [6.45, 7) is 2.78. The third-order valence-electron chi connectivity index (χ3n) is 2.80. The van der Waals surface area contributed by atoms with Crippen LogP contribution in [0.5, 0.6) is 0 Å². The molecule has 2 aromatic rings. The minimum atomic E-state index is -0.241. The number of aryl methyl sites for hydroxylation is 1. The van der Waals surface area contributed by atoms with E-state index in [0.717, 1.165) is 16.4 Å². The summed E-state index contributed by atoms with van der Waals surface area (Å²) in [6.07, 6.45) is 0.919. The van der Waals surface area contributed by atoms with Crippen LogP contribution < -0.4 is 5.32 Å². The van der Waals surface area contributed by atoms with Crippen molar-refractivity contribution in [2.45, 2.75) is 26.3 Å². The highest BCUT2D eigenvalue weighted by Gasteiger charge is 2.06. The van der Waals surface area contributed by atoms with Crippen LogP contribution in [0.2, 0.25) is 0 Å².